The predicted molar refractivity (Wildman–Crippen MR) is 131 cm³/mol. The molecule has 0 unspecified atom stereocenters. The molecule has 196 valence electrons. The fraction of sp³-hybridized carbons (Fsp3) is 0.696. The lowest BCUT2D eigenvalue weighted by Crippen LogP contribution is -2.37. The average Bonchev–Trinajstić information content (AvgIpc) is 3.15. The molecule has 0 aliphatic carbocycles. The van der Waals surface area contributed by atoms with Crippen molar-refractivity contribution in [3.05, 3.63) is 24.0 Å². The van der Waals surface area contributed by atoms with Gasteiger partial charge in [0.25, 0.3) is 11.8 Å². The molecule has 0 aromatic heterocycles. The Labute approximate surface area is 203 Å². The summed E-state index contributed by atoms with van der Waals surface area (Å²) in [6.45, 7) is 10.5. The summed E-state index contributed by atoms with van der Waals surface area (Å²) in [5, 5.41) is 8.50. The highest BCUT2D eigenvalue weighted by atomic mass is 16.5. The van der Waals surface area contributed by atoms with Crippen LogP contribution in [-0.2, 0) is 23.8 Å². The number of imide groups is 1. The van der Waals surface area contributed by atoms with Crippen LogP contribution < -0.4 is 21.7 Å². The lowest BCUT2D eigenvalue weighted by molar-refractivity contribution is -0.136. The number of carbonyl (C=O) groups excluding carboxylic acids is 3. The van der Waals surface area contributed by atoms with Gasteiger partial charge in [0, 0.05) is 43.7 Å². The molecule has 0 bridgehead atoms. The second-order valence-corrected chi connectivity index (χ2v) is 7.00. The number of nitrogens with zero attached hydrogens (tertiary/aromatic N) is 1. The second kappa shape index (κ2) is 22.2. The standard InChI is InChI=1S/C21H37N5O6.C2H6/c1-2-3-4-7-24-21(29)25-9-11-31-13-15-32-14-12-30-10-8-23-16-18(22)17-26-19(27)5-6-20(26)28;1-2/h5-6,16,23H,2-4,7-15,17,22H2,1H3,(H2,24,25,29);1-2H3/b18-16-;. The lowest BCUT2D eigenvalue weighted by Gasteiger charge is -2.13. The Hall–Kier alpha value is -2.63. The summed E-state index contributed by atoms with van der Waals surface area (Å²) in [7, 11) is 0. The minimum Gasteiger partial charge on any atom is -0.399 e. The van der Waals surface area contributed by atoms with E-state index in [1.165, 1.54) is 12.2 Å². The SMILES string of the molecule is CC.CCCCCNC(=O)NCCOCCOCCOCCN/C=C(\N)CN1C(=O)C=CC1=O. The molecule has 0 aromatic rings. The van der Waals surface area contributed by atoms with Crippen LogP contribution in [0.3, 0.4) is 0 Å². The van der Waals surface area contributed by atoms with Crippen LogP contribution in [0.4, 0.5) is 4.79 Å². The number of nitrogens with one attached hydrogen (secondary N) is 3. The molecule has 1 heterocycles. The molecule has 34 heavy (non-hydrogen) atoms. The number of amides is 4. The molecule has 0 spiro atoms. The van der Waals surface area contributed by atoms with Crippen LogP contribution in [0.2, 0.25) is 0 Å². The molecule has 11 nitrogen and oxygen atoms in total. The van der Waals surface area contributed by atoms with Gasteiger partial charge >= 0.3 is 6.03 Å². The van der Waals surface area contributed by atoms with E-state index in [0.717, 1.165) is 24.2 Å². The van der Waals surface area contributed by atoms with E-state index >= 15 is 0 Å². The fourth-order valence-electron chi connectivity index (χ4n) is 2.57. The van der Waals surface area contributed by atoms with E-state index in [1.807, 2.05) is 13.8 Å². The third kappa shape index (κ3) is 16.9. The van der Waals surface area contributed by atoms with Crippen LogP contribution >= 0.6 is 0 Å². The maximum atomic E-state index is 11.5. The molecule has 11 heteroatoms. The van der Waals surface area contributed by atoms with Gasteiger partial charge in [-0.3, -0.25) is 14.5 Å². The summed E-state index contributed by atoms with van der Waals surface area (Å²) in [5.41, 5.74) is 6.17. The number of hydrogen-bond donors (Lipinski definition) is 4. The number of rotatable bonds is 19. The molecule has 0 saturated carbocycles. The van der Waals surface area contributed by atoms with Crippen molar-refractivity contribution < 1.29 is 28.6 Å². The first-order chi connectivity index (χ1) is 16.5. The second-order valence-electron chi connectivity index (χ2n) is 7.00. The maximum Gasteiger partial charge on any atom is 0.314 e. The molecule has 0 fully saturated rings. The molecule has 0 atom stereocenters. The number of nitrogens with two attached hydrogens (primary N) is 1. The quantitative estimate of drug-likeness (QED) is 0.156. The van der Waals surface area contributed by atoms with E-state index in [1.54, 1.807) is 6.20 Å². The molecule has 5 N–H and O–H groups in total. The monoisotopic (exact) mass is 485 g/mol. The minimum absolute atomic E-state index is 0.0523. The third-order valence-corrected chi connectivity index (χ3v) is 4.26. The summed E-state index contributed by atoms with van der Waals surface area (Å²) in [5.74, 6) is -0.727. The first kappa shape index (κ1) is 31.4. The minimum atomic E-state index is -0.364. The zero-order chi connectivity index (χ0) is 25.4. The van der Waals surface area contributed by atoms with Crippen LogP contribution in [0.25, 0.3) is 0 Å². The van der Waals surface area contributed by atoms with Gasteiger partial charge in [0.15, 0.2) is 0 Å². The zero-order valence-corrected chi connectivity index (χ0v) is 20.9. The molecule has 4 amide bonds. The highest BCUT2D eigenvalue weighted by molar-refractivity contribution is 6.13. The van der Waals surface area contributed by atoms with Gasteiger partial charge in [0.1, 0.15) is 0 Å². The van der Waals surface area contributed by atoms with E-state index < -0.39 is 0 Å². The topological polar surface area (TPSA) is 144 Å². The van der Waals surface area contributed by atoms with Gasteiger partial charge in [-0.15, -0.1) is 0 Å². The van der Waals surface area contributed by atoms with Gasteiger partial charge in [0.2, 0.25) is 0 Å². The van der Waals surface area contributed by atoms with E-state index in [9.17, 15) is 14.4 Å². The van der Waals surface area contributed by atoms with Crippen LogP contribution in [0.1, 0.15) is 40.0 Å². The van der Waals surface area contributed by atoms with Crippen LogP contribution in [0.5, 0.6) is 0 Å². The maximum absolute atomic E-state index is 11.5. The number of unbranched alkanes of at least 4 members (excludes halogenated alkanes) is 2. The van der Waals surface area contributed by atoms with Crippen molar-refractivity contribution in [3.63, 3.8) is 0 Å². The van der Waals surface area contributed by atoms with E-state index in [4.69, 9.17) is 19.9 Å². The first-order valence-corrected chi connectivity index (χ1v) is 12.0. The van der Waals surface area contributed by atoms with E-state index in [2.05, 4.69) is 22.9 Å². The summed E-state index contributed by atoms with van der Waals surface area (Å²) in [4.78, 5) is 35.4. The smallest absolute Gasteiger partial charge is 0.314 e. The van der Waals surface area contributed by atoms with Gasteiger partial charge in [-0.05, 0) is 6.42 Å². The Morgan fingerprint density at radius 1 is 0.882 bits per heavy atom. The molecule has 1 aliphatic heterocycles. The van der Waals surface area contributed by atoms with E-state index in [0.29, 0.717) is 65.0 Å². The van der Waals surface area contributed by atoms with Crippen molar-refractivity contribution >= 4 is 17.8 Å². The number of urea groups is 1. The van der Waals surface area contributed by atoms with Crippen molar-refractivity contribution in [2.45, 2.75) is 40.0 Å². The van der Waals surface area contributed by atoms with Crippen LogP contribution in [0, 0.1) is 0 Å². The van der Waals surface area contributed by atoms with E-state index in [-0.39, 0.29) is 24.4 Å². The summed E-state index contributed by atoms with van der Waals surface area (Å²) < 4.78 is 16.2. The Morgan fingerprint density at radius 2 is 1.41 bits per heavy atom. The lowest BCUT2D eigenvalue weighted by atomic mass is 10.2. The Kier molecular flexibility index (Phi) is 20.5. The summed E-state index contributed by atoms with van der Waals surface area (Å²) in [6.07, 6.45) is 7.23. The van der Waals surface area contributed by atoms with Crippen molar-refractivity contribution in [1.29, 1.82) is 0 Å². The highest BCUT2D eigenvalue weighted by Gasteiger charge is 2.23. The fourth-order valence-corrected chi connectivity index (χ4v) is 2.57. The third-order valence-electron chi connectivity index (χ3n) is 4.26. The first-order valence-electron chi connectivity index (χ1n) is 12.0. The summed E-state index contributed by atoms with van der Waals surface area (Å²) in [6, 6.07) is -0.167. The van der Waals surface area contributed by atoms with Gasteiger partial charge < -0.3 is 35.9 Å². The number of ether oxygens (including phenoxy) is 3. The summed E-state index contributed by atoms with van der Waals surface area (Å²) >= 11 is 0. The van der Waals surface area contributed by atoms with Gasteiger partial charge in [-0.1, -0.05) is 33.6 Å². The van der Waals surface area contributed by atoms with Crippen LogP contribution in [-0.4, -0.2) is 88.6 Å². The number of carbonyl (C=O) groups is 3. The van der Waals surface area contributed by atoms with Crippen molar-refractivity contribution in [3.8, 4) is 0 Å². The van der Waals surface area contributed by atoms with Crippen molar-refractivity contribution in [2.75, 3.05) is 65.8 Å². The molecule has 0 radical (unpaired) electrons. The average molecular weight is 486 g/mol. The zero-order valence-electron chi connectivity index (χ0n) is 20.9. The van der Waals surface area contributed by atoms with Crippen molar-refractivity contribution in [2.24, 2.45) is 5.73 Å². The van der Waals surface area contributed by atoms with Gasteiger partial charge in [0.05, 0.1) is 46.2 Å². The normalized spacial score (nSPS) is 13.0. The van der Waals surface area contributed by atoms with Crippen molar-refractivity contribution in [1.82, 2.24) is 20.9 Å². The Morgan fingerprint density at radius 3 is 2.00 bits per heavy atom. The Balaban J connectivity index is 0.00000529. The largest absolute Gasteiger partial charge is 0.399 e. The van der Waals surface area contributed by atoms with Crippen LogP contribution in [0.15, 0.2) is 24.0 Å². The molecular formula is C23H43N5O6. The number of hydrogen-bond acceptors (Lipinski definition) is 8. The molecule has 1 rings (SSSR count). The highest BCUT2D eigenvalue weighted by Crippen LogP contribution is 2.04. The van der Waals surface area contributed by atoms with Gasteiger partial charge in [-0.2, -0.15) is 0 Å². The molecule has 1 aliphatic rings. The predicted octanol–water partition coefficient (Wildman–Crippen LogP) is 0.867. The Bertz CT molecular complexity index is 609. The molecule has 0 aromatic carbocycles. The van der Waals surface area contributed by atoms with Gasteiger partial charge in [-0.25, -0.2) is 4.79 Å². The molecule has 0 saturated heterocycles. The molecular weight excluding hydrogens is 442 g/mol.